The Morgan fingerprint density at radius 3 is 1.02 bits per heavy atom. The van der Waals surface area contributed by atoms with Gasteiger partial charge in [-0.1, -0.05) is 13.8 Å². The second-order valence-electron chi connectivity index (χ2n) is 12.5. The van der Waals surface area contributed by atoms with Crippen LogP contribution in [0.25, 0.3) is 0 Å². The van der Waals surface area contributed by atoms with Gasteiger partial charge >= 0.3 is 0 Å². The van der Waals surface area contributed by atoms with Gasteiger partial charge in [0.25, 0.3) is 0 Å². The Kier molecular flexibility index (Phi) is 14.5. The molecule has 0 radical (unpaired) electrons. The average molecular weight is 1130 g/mol. The molecule has 0 unspecified atom stereocenters. The lowest BCUT2D eigenvalue weighted by Gasteiger charge is -2.23. The molecule has 0 spiro atoms. The molecule has 50 heavy (non-hydrogen) atoms. The molecule has 0 saturated carbocycles. The SMILES string of the molecule is CCCOc1c2cc(I)cc1Cc1cc(I)cc3c1OCCOCCOCCOc1c(cc(I)cc1Cc1cc(I)cc(c1OCCC)C3)C2. The highest BCUT2D eigenvalue weighted by Crippen LogP contribution is 2.41. The Bertz CT molecular complexity index is 1580. The molecule has 0 saturated heterocycles. The summed E-state index contributed by atoms with van der Waals surface area (Å²) in [5, 5.41) is 0. The van der Waals surface area contributed by atoms with Gasteiger partial charge in [0.05, 0.1) is 39.6 Å². The number of halogens is 4. The number of hydrogen-bond acceptors (Lipinski definition) is 6. The molecule has 4 aromatic carbocycles. The first-order valence-electron chi connectivity index (χ1n) is 17.2. The van der Waals surface area contributed by atoms with Crippen LogP contribution in [0.4, 0.5) is 0 Å². The molecule has 266 valence electrons. The Balaban J connectivity index is 1.66. The first kappa shape index (κ1) is 38.6. The summed E-state index contributed by atoms with van der Waals surface area (Å²) in [7, 11) is 0. The molecular formula is C40H42I4O6. The van der Waals surface area contributed by atoms with Crippen LogP contribution in [0.5, 0.6) is 23.0 Å². The quantitative estimate of drug-likeness (QED) is 0.158. The zero-order valence-corrected chi connectivity index (χ0v) is 37.1. The third-order valence-electron chi connectivity index (χ3n) is 8.57. The van der Waals surface area contributed by atoms with E-state index in [0.717, 1.165) is 80.3 Å². The van der Waals surface area contributed by atoms with Crippen LogP contribution in [0, 0.1) is 14.3 Å². The lowest BCUT2D eigenvalue weighted by molar-refractivity contribution is 0.0270. The lowest BCUT2D eigenvalue weighted by atomic mass is 9.91. The topological polar surface area (TPSA) is 55.4 Å². The highest BCUT2D eigenvalue weighted by Gasteiger charge is 2.24. The molecule has 4 aromatic rings. The van der Waals surface area contributed by atoms with E-state index >= 15 is 0 Å². The summed E-state index contributed by atoms with van der Waals surface area (Å²) in [4.78, 5) is 0. The Morgan fingerprint density at radius 1 is 0.440 bits per heavy atom. The van der Waals surface area contributed by atoms with E-state index in [-0.39, 0.29) is 0 Å². The third kappa shape index (κ3) is 9.91. The summed E-state index contributed by atoms with van der Waals surface area (Å²) in [6.45, 7) is 8.42. The van der Waals surface area contributed by atoms with E-state index in [0.29, 0.717) is 78.5 Å². The van der Waals surface area contributed by atoms with E-state index in [1.807, 2.05) is 0 Å². The molecule has 10 bridgehead atoms. The summed E-state index contributed by atoms with van der Waals surface area (Å²) >= 11 is 9.80. The predicted octanol–water partition coefficient (Wildman–Crippen LogP) is 10.2. The monoisotopic (exact) mass is 1130 g/mol. The molecule has 6 rings (SSSR count). The molecule has 10 heteroatoms. The summed E-state index contributed by atoms with van der Waals surface area (Å²) < 4.78 is 43.4. The Hall–Kier alpha value is -1.08. The predicted molar refractivity (Wildman–Crippen MR) is 232 cm³/mol. The van der Waals surface area contributed by atoms with Crippen molar-refractivity contribution in [3.05, 3.63) is 107 Å². The number of benzene rings is 4. The minimum Gasteiger partial charge on any atom is -0.493 e. The van der Waals surface area contributed by atoms with Crippen molar-refractivity contribution in [2.45, 2.75) is 52.4 Å². The van der Waals surface area contributed by atoms with Crippen molar-refractivity contribution in [3.63, 3.8) is 0 Å². The van der Waals surface area contributed by atoms with E-state index in [2.05, 4.69) is 153 Å². The van der Waals surface area contributed by atoms with E-state index < -0.39 is 0 Å². The first-order chi connectivity index (χ1) is 24.3. The van der Waals surface area contributed by atoms with Gasteiger partial charge in [0, 0.05) is 40.0 Å². The van der Waals surface area contributed by atoms with Gasteiger partial charge < -0.3 is 28.4 Å². The van der Waals surface area contributed by atoms with Crippen LogP contribution in [0.3, 0.4) is 0 Å². The molecule has 6 nitrogen and oxygen atoms in total. The number of hydrogen-bond donors (Lipinski definition) is 0. The molecule has 0 amide bonds. The molecule has 0 atom stereocenters. The molecular weight excluding hydrogens is 1080 g/mol. The van der Waals surface area contributed by atoms with Crippen LogP contribution >= 0.6 is 90.4 Å². The minimum atomic E-state index is 0.438. The number of ether oxygens (including phenoxy) is 6. The fourth-order valence-electron chi connectivity index (χ4n) is 6.60. The molecule has 1 heterocycles. The maximum atomic E-state index is 6.72. The minimum absolute atomic E-state index is 0.438. The van der Waals surface area contributed by atoms with Gasteiger partial charge in [0.15, 0.2) is 0 Å². The van der Waals surface area contributed by atoms with Crippen LogP contribution < -0.4 is 18.9 Å². The third-order valence-corrected chi connectivity index (χ3v) is 11.1. The standard InChI is InChI=1S/C40H42I4O6/c1-3-5-47-37-25-13-29-21-35(43)23-31-15-27-19-34(42)20-28(38(27)48-6-4-2)16-32-24-36(44)22-30(14-26(37)18-33(41)17-25)40(32)50-12-10-46-8-7-45-9-11-49-39(29)31/h17-24H,3-16H2,1-2H3. The summed E-state index contributed by atoms with van der Waals surface area (Å²) in [6, 6.07) is 18.1. The van der Waals surface area contributed by atoms with Crippen LogP contribution in [0.2, 0.25) is 0 Å². The maximum Gasteiger partial charge on any atom is 0.126 e. The van der Waals surface area contributed by atoms with Crippen molar-refractivity contribution in [2.75, 3.05) is 52.9 Å². The van der Waals surface area contributed by atoms with Gasteiger partial charge in [-0.3, -0.25) is 0 Å². The number of fused-ring (bicyclic) bond motifs is 2. The Labute approximate surface area is 350 Å². The fraction of sp³-hybridized carbons (Fsp3) is 0.400. The summed E-state index contributed by atoms with van der Waals surface area (Å²) in [5.41, 5.74) is 9.17. The zero-order valence-electron chi connectivity index (χ0n) is 28.5. The van der Waals surface area contributed by atoms with Crippen LogP contribution in [-0.2, 0) is 35.2 Å². The fourth-order valence-corrected chi connectivity index (χ4v) is 9.60. The van der Waals surface area contributed by atoms with Gasteiger partial charge in [0.2, 0.25) is 0 Å². The van der Waals surface area contributed by atoms with E-state index in [1.54, 1.807) is 0 Å². The van der Waals surface area contributed by atoms with Crippen molar-refractivity contribution in [2.24, 2.45) is 0 Å². The molecule has 1 aliphatic heterocycles. The zero-order chi connectivity index (χ0) is 35.0. The van der Waals surface area contributed by atoms with Gasteiger partial charge in [-0.2, -0.15) is 0 Å². The molecule has 0 aromatic heterocycles. The van der Waals surface area contributed by atoms with E-state index in [1.165, 1.54) is 14.3 Å². The van der Waals surface area contributed by atoms with Crippen molar-refractivity contribution < 1.29 is 28.4 Å². The average Bonchev–Trinajstić information content (AvgIpc) is 3.06. The molecule has 0 fully saturated rings. The smallest absolute Gasteiger partial charge is 0.126 e. The van der Waals surface area contributed by atoms with Crippen LogP contribution in [0.1, 0.15) is 71.2 Å². The van der Waals surface area contributed by atoms with Crippen molar-refractivity contribution in [1.82, 2.24) is 0 Å². The van der Waals surface area contributed by atoms with Gasteiger partial charge in [-0.15, -0.1) is 0 Å². The first-order valence-corrected chi connectivity index (χ1v) is 21.6. The summed E-state index contributed by atoms with van der Waals surface area (Å²) in [6.07, 6.45) is 4.55. The van der Waals surface area contributed by atoms with Crippen molar-refractivity contribution in [1.29, 1.82) is 0 Å². The highest BCUT2D eigenvalue weighted by molar-refractivity contribution is 14.1. The lowest BCUT2D eigenvalue weighted by Crippen LogP contribution is -2.15. The normalized spacial score (nSPS) is 15.1. The van der Waals surface area contributed by atoms with Crippen molar-refractivity contribution in [3.8, 4) is 23.0 Å². The van der Waals surface area contributed by atoms with E-state index in [9.17, 15) is 0 Å². The van der Waals surface area contributed by atoms with Gasteiger partial charge in [-0.05, 0) is 196 Å². The van der Waals surface area contributed by atoms with E-state index in [4.69, 9.17) is 28.4 Å². The largest absolute Gasteiger partial charge is 0.493 e. The molecule has 1 aliphatic carbocycles. The Morgan fingerprint density at radius 2 is 0.720 bits per heavy atom. The van der Waals surface area contributed by atoms with Gasteiger partial charge in [-0.25, -0.2) is 0 Å². The van der Waals surface area contributed by atoms with Crippen LogP contribution in [-0.4, -0.2) is 52.9 Å². The molecule has 0 N–H and O–H groups in total. The molecule has 2 aliphatic rings. The number of rotatable bonds is 6. The van der Waals surface area contributed by atoms with Crippen LogP contribution in [0.15, 0.2) is 48.5 Å². The highest BCUT2D eigenvalue weighted by atomic mass is 127. The second-order valence-corrected chi connectivity index (χ2v) is 17.5. The summed E-state index contributed by atoms with van der Waals surface area (Å²) in [5.74, 6) is 3.73. The van der Waals surface area contributed by atoms with Gasteiger partial charge in [0.1, 0.15) is 36.2 Å². The maximum absolute atomic E-state index is 6.72. The second kappa shape index (κ2) is 18.8. The van der Waals surface area contributed by atoms with Crippen molar-refractivity contribution >= 4 is 90.4 Å².